The van der Waals surface area contributed by atoms with Crippen LogP contribution in [0.5, 0.6) is 5.75 Å². The predicted octanol–water partition coefficient (Wildman–Crippen LogP) is 2.89. The number of carbonyl (C=O) groups excluding carboxylic acids is 3. The highest BCUT2D eigenvalue weighted by molar-refractivity contribution is 9.10. The van der Waals surface area contributed by atoms with Gasteiger partial charge in [-0.05, 0) is 57.2 Å². The van der Waals surface area contributed by atoms with E-state index >= 15 is 0 Å². The van der Waals surface area contributed by atoms with Crippen molar-refractivity contribution in [2.75, 3.05) is 7.11 Å². The second-order valence-corrected chi connectivity index (χ2v) is 9.44. The number of rotatable bonds is 7. The third-order valence-electron chi connectivity index (χ3n) is 6.12. The van der Waals surface area contributed by atoms with Gasteiger partial charge in [-0.15, -0.1) is 0 Å². The van der Waals surface area contributed by atoms with E-state index < -0.39 is 41.6 Å². The number of benzene rings is 1. The second kappa shape index (κ2) is 11.2. The van der Waals surface area contributed by atoms with Crippen LogP contribution in [0.25, 0.3) is 0 Å². The number of hydrogen-bond donors (Lipinski definition) is 3. The third-order valence-corrected chi connectivity index (χ3v) is 6.82. The van der Waals surface area contributed by atoms with E-state index in [1.165, 1.54) is 25.3 Å². The molecule has 0 bridgehead atoms. The quantitative estimate of drug-likeness (QED) is 0.336. The smallest absolute Gasteiger partial charge is 0.428 e. The fourth-order valence-corrected chi connectivity index (χ4v) is 4.95. The standard InChI is InChI=1S/C22H24BrF2N5O6/c1-12(27-17(31)18(32)30-34-2)10-21(11-26)5-7-22(8-6-21)16(28-29-20(33)36-22)14-9-13(35-19(24)25)3-4-15(14)23/h3-4,9,12,19H,5-8,10H2,1-2H3,(H,27,31)(H,29,33)(H,30,32)/t12-,21?,22?/m0/s1. The minimum absolute atomic E-state index is 0.0952. The monoisotopic (exact) mass is 571 g/mol. The lowest BCUT2D eigenvalue weighted by atomic mass is 9.65. The summed E-state index contributed by atoms with van der Waals surface area (Å²) < 4.78 is 36.2. The zero-order valence-corrected chi connectivity index (χ0v) is 21.0. The van der Waals surface area contributed by atoms with Crippen LogP contribution in [-0.2, 0) is 19.2 Å². The van der Waals surface area contributed by atoms with Crippen LogP contribution in [0.3, 0.4) is 0 Å². The van der Waals surface area contributed by atoms with Crippen molar-refractivity contribution in [3.8, 4) is 11.8 Å². The molecule has 1 saturated carbocycles. The van der Waals surface area contributed by atoms with Crippen molar-refractivity contribution in [3.63, 3.8) is 0 Å². The first kappa shape index (κ1) is 27.3. The molecule has 2 aliphatic rings. The van der Waals surface area contributed by atoms with Crippen LogP contribution in [-0.4, -0.2) is 49.0 Å². The molecule has 1 atom stereocenters. The Balaban J connectivity index is 1.80. The number of ether oxygens (including phenoxy) is 2. The molecule has 0 saturated heterocycles. The van der Waals surface area contributed by atoms with E-state index in [9.17, 15) is 28.4 Å². The maximum Gasteiger partial charge on any atom is 0.428 e. The molecule has 3 amide bonds. The SMILES string of the molecule is CONC(=O)C(=O)N[C@@H](C)CC1(C#N)CCC2(CC1)OC(=O)NN=C2c1cc(OC(F)F)ccc1Br. The lowest BCUT2D eigenvalue weighted by molar-refractivity contribution is -0.146. The van der Waals surface area contributed by atoms with Crippen LogP contribution in [0.15, 0.2) is 27.8 Å². The highest BCUT2D eigenvalue weighted by Crippen LogP contribution is 2.47. The van der Waals surface area contributed by atoms with Crippen molar-refractivity contribution in [3.05, 3.63) is 28.2 Å². The summed E-state index contributed by atoms with van der Waals surface area (Å²) >= 11 is 3.39. The van der Waals surface area contributed by atoms with E-state index in [-0.39, 0.29) is 37.9 Å². The summed E-state index contributed by atoms with van der Waals surface area (Å²) in [6, 6.07) is 6.05. The summed E-state index contributed by atoms with van der Waals surface area (Å²) in [4.78, 5) is 40.1. The Labute approximate surface area is 213 Å². The molecule has 36 heavy (non-hydrogen) atoms. The van der Waals surface area contributed by atoms with Crippen molar-refractivity contribution < 1.29 is 37.5 Å². The topological polar surface area (TPSA) is 151 Å². The number of nitrogens with zero attached hydrogens (tertiary/aromatic N) is 2. The normalized spacial score (nSPS) is 24.1. The van der Waals surface area contributed by atoms with Crippen LogP contribution in [0.4, 0.5) is 13.6 Å². The van der Waals surface area contributed by atoms with Crippen LogP contribution in [0.1, 0.15) is 44.6 Å². The number of amides is 3. The molecule has 1 aromatic rings. The fraction of sp³-hybridized carbons (Fsp3) is 0.500. The largest absolute Gasteiger partial charge is 0.435 e. The Morgan fingerprint density at radius 1 is 1.31 bits per heavy atom. The molecule has 0 unspecified atom stereocenters. The van der Waals surface area contributed by atoms with Crippen LogP contribution in [0.2, 0.25) is 0 Å². The molecule has 0 radical (unpaired) electrons. The van der Waals surface area contributed by atoms with E-state index in [0.717, 1.165) is 0 Å². The zero-order chi connectivity index (χ0) is 26.5. The average Bonchev–Trinajstić information content (AvgIpc) is 2.82. The molecule has 3 N–H and O–H groups in total. The second-order valence-electron chi connectivity index (χ2n) is 8.58. The van der Waals surface area contributed by atoms with Gasteiger partial charge in [-0.2, -0.15) is 19.1 Å². The van der Waals surface area contributed by atoms with Gasteiger partial charge in [0.2, 0.25) is 0 Å². The summed E-state index contributed by atoms with van der Waals surface area (Å²) in [7, 11) is 1.20. The first-order valence-electron chi connectivity index (χ1n) is 10.9. The number of carbonyl (C=O) groups is 3. The Morgan fingerprint density at radius 3 is 2.61 bits per heavy atom. The highest BCUT2D eigenvalue weighted by Gasteiger charge is 2.51. The summed E-state index contributed by atoms with van der Waals surface area (Å²) in [6.45, 7) is -1.35. The van der Waals surface area contributed by atoms with E-state index in [1.807, 2.05) is 5.48 Å². The summed E-state index contributed by atoms with van der Waals surface area (Å²) in [5.41, 5.74) is 2.78. The molecule has 0 aromatic heterocycles. The number of hydrazone groups is 1. The van der Waals surface area contributed by atoms with Gasteiger partial charge in [0.15, 0.2) is 5.60 Å². The molecular formula is C22H24BrF2N5O6. The highest BCUT2D eigenvalue weighted by atomic mass is 79.9. The average molecular weight is 572 g/mol. The number of nitrogens with one attached hydrogen (secondary N) is 3. The van der Waals surface area contributed by atoms with E-state index in [2.05, 4.69) is 47.4 Å². The molecule has 1 aliphatic carbocycles. The minimum Gasteiger partial charge on any atom is -0.435 e. The van der Waals surface area contributed by atoms with Crippen LogP contribution in [0, 0.1) is 16.7 Å². The van der Waals surface area contributed by atoms with E-state index in [1.54, 1.807) is 6.92 Å². The van der Waals surface area contributed by atoms with Gasteiger partial charge < -0.3 is 14.8 Å². The van der Waals surface area contributed by atoms with Crippen molar-refractivity contribution >= 4 is 39.5 Å². The van der Waals surface area contributed by atoms with Crippen molar-refractivity contribution in [1.82, 2.24) is 16.2 Å². The summed E-state index contributed by atoms with van der Waals surface area (Å²) in [5.74, 6) is -1.96. The Morgan fingerprint density at radius 2 is 2.00 bits per heavy atom. The lowest BCUT2D eigenvalue weighted by Crippen LogP contribution is -2.54. The first-order valence-corrected chi connectivity index (χ1v) is 11.7. The summed E-state index contributed by atoms with van der Waals surface area (Å²) in [5, 5.41) is 16.7. The zero-order valence-electron chi connectivity index (χ0n) is 19.4. The van der Waals surface area contributed by atoms with Gasteiger partial charge >= 0.3 is 24.5 Å². The Bertz CT molecular complexity index is 1100. The van der Waals surface area contributed by atoms with Crippen LogP contribution < -0.4 is 21.0 Å². The maximum absolute atomic E-state index is 12.8. The predicted molar refractivity (Wildman–Crippen MR) is 124 cm³/mol. The molecular weight excluding hydrogens is 548 g/mol. The van der Waals surface area contributed by atoms with Gasteiger partial charge in [-0.1, -0.05) is 15.9 Å². The molecule has 3 rings (SSSR count). The molecule has 1 spiro atoms. The Hall–Kier alpha value is -3.31. The third kappa shape index (κ3) is 6.08. The number of hydrogen-bond acceptors (Lipinski definition) is 8. The van der Waals surface area contributed by atoms with Crippen molar-refractivity contribution in [2.24, 2.45) is 10.5 Å². The lowest BCUT2D eigenvalue weighted by Gasteiger charge is -2.45. The van der Waals surface area contributed by atoms with Gasteiger partial charge in [0.1, 0.15) is 11.5 Å². The molecule has 1 heterocycles. The van der Waals surface area contributed by atoms with Crippen molar-refractivity contribution in [2.45, 2.75) is 57.3 Å². The van der Waals surface area contributed by atoms with Crippen molar-refractivity contribution in [1.29, 1.82) is 5.26 Å². The van der Waals surface area contributed by atoms with Gasteiger partial charge in [0.05, 0.1) is 18.6 Å². The number of hydroxylamine groups is 1. The summed E-state index contributed by atoms with van der Waals surface area (Å²) in [6.07, 6.45) is 0.458. The van der Waals surface area contributed by atoms with E-state index in [0.29, 0.717) is 15.7 Å². The molecule has 1 aromatic carbocycles. The molecule has 14 heteroatoms. The fourth-order valence-electron chi connectivity index (χ4n) is 4.52. The number of alkyl halides is 2. The molecule has 194 valence electrons. The van der Waals surface area contributed by atoms with E-state index in [4.69, 9.17) is 4.74 Å². The molecule has 1 aliphatic heterocycles. The maximum atomic E-state index is 12.8. The van der Waals surface area contributed by atoms with Gasteiger partial charge in [-0.25, -0.2) is 15.7 Å². The van der Waals surface area contributed by atoms with Gasteiger partial charge in [0.25, 0.3) is 0 Å². The Kier molecular flexibility index (Phi) is 8.47. The first-order chi connectivity index (χ1) is 17.0. The molecule has 1 fully saturated rings. The van der Waals surface area contributed by atoms with Crippen LogP contribution >= 0.6 is 15.9 Å². The van der Waals surface area contributed by atoms with Gasteiger partial charge in [0, 0.05) is 16.1 Å². The molecule has 11 nitrogen and oxygen atoms in total. The number of halogens is 3. The minimum atomic E-state index is -3.02. The number of nitriles is 1. The van der Waals surface area contributed by atoms with Gasteiger partial charge in [-0.3, -0.25) is 14.4 Å².